The first kappa shape index (κ1) is 15.5. The van der Waals surface area contributed by atoms with Crippen LogP contribution in [0.25, 0.3) is 0 Å². The third-order valence-corrected chi connectivity index (χ3v) is 4.80. The van der Waals surface area contributed by atoms with Gasteiger partial charge >= 0.3 is 0 Å². The zero-order chi connectivity index (χ0) is 14.5. The van der Waals surface area contributed by atoms with Gasteiger partial charge in [0.05, 0.1) is 6.10 Å². The summed E-state index contributed by atoms with van der Waals surface area (Å²) in [5.74, 6) is 1.33. The largest absolute Gasteiger partial charge is 0.392 e. The number of rotatable bonds is 6. The molecule has 0 radical (unpaired) electrons. The van der Waals surface area contributed by atoms with E-state index in [1.807, 2.05) is 0 Å². The van der Waals surface area contributed by atoms with Crippen molar-refractivity contribution in [1.29, 1.82) is 0 Å². The normalized spacial score (nSPS) is 19.4. The molecule has 20 heavy (non-hydrogen) atoms. The average Bonchev–Trinajstić information content (AvgIpc) is 2.93. The van der Waals surface area contributed by atoms with E-state index in [0.717, 1.165) is 6.42 Å². The smallest absolute Gasteiger partial charge is 0.0623 e. The van der Waals surface area contributed by atoms with Crippen molar-refractivity contribution in [2.45, 2.75) is 63.9 Å². The van der Waals surface area contributed by atoms with E-state index in [4.69, 9.17) is 5.73 Å². The number of nitrogens with two attached hydrogens (primary N) is 1. The molecule has 2 nitrogen and oxygen atoms in total. The van der Waals surface area contributed by atoms with Gasteiger partial charge in [-0.05, 0) is 29.4 Å². The molecule has 1 aliphatic rings. The SMILES string of the molecule is CC(C)c1ccc(C(CN)C(O)CC2CCCC2)cc1. The molecule has 0 bridgehead atoms. The Balaban J connectivity index is 2.02. The zero-order valence-corrected chi connectivity index (χ0v) is 12.9. The van der Waals surface area contributed by atoms with E-state index in [-0.39, 0.29) is 12.0 Å². The molecule has 2 rings (SSSR count). The molecule has 2 unspecified atom stereocenters. The lowest BCUT2D eigenvalue weighted by molar-refractivity contribution is 0.116. The fraction of sp³-hybridized carbons (Fsp3) is 0.667. The van der Waals surface area contributed by atoms with E-state index in [0.29, 0.717) is 18.4 Å². The number of aliphatic hydroxyl groups is 1. The summed E-state index contributed by atoms with van der Waals surface area (Å²) in [5, 5.41) is 10.5. The van der Waals surface area contributed by atoms with Gasteiger partial charge in [0.2, 0.25) is 0 Å². The molecule has 0 aromatic heterocycles. The highest BCUT2D eigenvalue weighted by Crippen LogP contribution is 2.32. The number of aliphatic hydroxyl groups excluding tert-OH is 1. The minimum absolute atomic E-state index is 0.0804. The van der Waals surface area contributed by atoms with E-state index < -0.39 is 0 Å². The Morgan fingerprint density at radius 2 is 1.65 bits per heavy atom. The van der Waals surface area contributed by atoms with E-state index in [1.54, 1.807) is 0 Å². The first-order valence-corrected chi connectivity index (χ1v) is 8.09. The highest BCUT2D eigenvalue weighted by Gasteiger charge is 2.25. The second-order valence-corrected chi connectivity index (χ2v) is 6.62. The van der Waals surface area contributed by atoms with Gasteiger partial charge in [0.1, 0.15) is 0 Å². The molecule has 1 aliphatic carbocycles. The molecule has 0 aliphatic heterocycles. The van der Waals surface area contributed by atoms with E-state index in [9.17, 15) is 5.11 Å². The predicted molar refractivity (Wildman–Crippen MR) is 84.9 cm³/mol. The molecule has 112 valence electrons. The monoisotopic (exact) mass is 275 g/mol. The fourth-order valence-electron chi connectivity index (χ4n) is 3.40. The van der Waals surface area contributed by atoms with Crippen LogP contribution in [0.5, 0.6) is 0 Å². The highest BCUT2D eigenvalue weighted by atomic mass is 16.3. The van der Waals surface area contributed by atoms with Crippen LogP contribution in [0.3, 0.4) is 0 Å². The van der Waals surface area contributed by atoms with Gasteiger partial charge in [-0.25, -0.2) is 0 Å². The summed E-state index contributed by atoms with van der Waals surface area (Å²) in [7, 11) is 0. The van der Waals surface area contributed by atoms with E-state index in [2.05, 4.69) is 38.1 Å². The van der Waals surface area contributed by atoms with Gasteiger partial charge in [-0.2, -0.15) is 0 Å². The Morgan fingerprint density at radius 3 is 2.15 bits per heavy atom. The summed E-state index contributed by atoms with van der Waals surface area (Å²) < 4.78 is 0. The van der Waals surface area contributed by atoms with Gasteiger partial charge in [-0.15, -0.1) is 0 Å². The molecule has 0 saturated heterocycles. The van der Waals surface area contributed by atoms with Gasteiger partial charge in [-0.3, -0.25) is 0 Å². The van der Waals surface area contributed by atoms with Gasteiger partial charge in [0.25, 0.3) is 0 Å². The Hall–Kier alpha value is -0.860. The molecule has 1 aromatic rings. The van der Waals surface area contributed by atoms with Crippen LogP contribution in [0.2, 0.25) is 0 Å². The van der Waals surface area contributed by atoms with Crippen molar-refractivity contribution in [3.63, 3.8) is 0 Å². The Labute approximate surface area is 123 Å². The summed E-state index contributed by atoms with van der Waals surface area (Å²) in [6, 6.07) is 8.63. The standard InChI is InChI=1S/C18H29NO/c1-13(2)15-7-9-16(10-8-15)17(12-19)18(20)11-14-5-3-4-6-14/h7-10,13-14,17-18,20H,3-6,11-12,19H2,1-2H3. The molecule has 0 amide bonds. The van der Waals surface area contributed by atoms with Crippen molar-refractivity contribution in [2.75, 3.05) is 6.54 Å². The maximum absolute atomic E-state index is 10.5. The van der Waals surface area contributed by atoms with Crippen LogP contribution in [0.1, 0.15) is 68.9 Å². The Bertz CT molecular complexity index is 392. The van der Waals surface area contributed by atoms with Crippen LogP contribution in [0, 0.1) is 5.92 Å². The molecular weight excluding hydrogens is 246 g/mol. The Morgan fingerprint density at radius 1 is 1.10 bits per heavy atom. The second-order valence-electron chi connectivity index (χ2n) is 6.62. The van der Waals surface area contributed by atoms with Crippen LogP contribution in [-0.4, -0.2) is 17.8 Å². The van der Waals surface area contributed by atoms with E-state index in [1.165, 1.54) is 36.8 Å². The average molecular weight is 275 g/mol. The third-order valence-electron chi connectivity index (χ3n) is 4.80. The van der Waals surface area contributed by atoms with Crippen molar-refractivity contribution >= 4 is 0 Å². The number of hydrogen-bond acceptors (Lipinski definition) is 2. The van der Waals surface area contributed by atoms with Crippen LogP contribution in [0.15, 0.2) is 24.3 Å². The molecule has 1 saturated carbocycles. The van der Waals surface area contributed by atoms with Crippen molar-refractivity contribution in [3.8, 4) is 0 Å². The van der Waals surface area contributed by atoms with Gasteiger partial charge < -0.3 is 10.8 Å². The van der Waals surface area contributed by atoms with E-state index >= 15 is 0 Å². The van der Waals surface area contributed by atoms with Gasteiger partial charge in [-0.1, -0.05) is 63.8 Å². The molecule has 0 spiro atoms. The number of hydrogen-bond donors (Lipinski definition) is 2. The van der Waals surface area contributed by atoms with Crippen molar-refractivity contribution in [2.24, 2.45) is 11.7 Å². The van der Waals surface area contributed by atoms with Gasteiger partial charge in [0.15, 0.2) is 0 Å². The summed E-state index contributed by atoms with van der Waals surface area (Å²) in [5.41, 5.74) is 8.44. The van der Waals surface area contributed by atoms with Crippen molar-refractivity contribution in [3.05, 3.63) is 35.4 Å². The summed E-state index contributed by atoms with van der Waals surface area (Å²) >= 11 is 0. The van der Waals surface area contributed by atoms with Crippen LogP contribution < -0.4 is 5.73 Å². The van der Waals surface area contributed by atoms with Crippen LogP contribution in [0.4, 0.5) is 0 Å². The lowest BCUT2D eigenvalue weighted by atomic mass is 9.86. The lowest BCUT2D eigenvalue weighted by Crippen LogP contribution is -2.27. The summed E-state index contributed by atoms with van der Waals surface area (Å²) in [4.78, 5) is 0. The van der Waals surface area contributed by atoms with Crippen LogP contribution in [-0.2, 0) is 0 Å². The molecule has 2 atom stereocenters. The lowest BCUT2D eigenvalue weighted by Gasteiger charge is -2.24. The summed E-state index contributed by atoms with van der Waals surface area (Å²) in [6.45, 7) is 4.92. The third kappa shape index (κ3) is 3.83. The van der Waals surface area contributed by atoms with Crippen LogP contribution >= 0.6 is 0 Å². The quantitative estimate of drug-likeness (QED) is 0.829. The highest BCUT2D eigenvalue weighted by molar-refractivity contribution is 5.28. The molecular formula is C18H29NO. The first-order valence-electron chi connectivity index (χ1n) is 8.09. The molecule has 0 heterocycles. The minimum atomic E-state index is -0.298. The Kier molecular flexibility index (Phi) is 5.62. The summed E-state index contributed by atoms with van der Waals surface area (Å²) in [6.07, 6.45) is 5.82. The molecule has 3 N–H and O–H groups in total. The molecule has 1 fully saturated rings. The van der Waals surface area contributed by atoms with Crippen molar-refractivity contribution < 1.29 is 5.11 Å². The molecule has 2 heteroatoms. The maximum Gasteiger partial charge on any atom is 0.0623 e. The minimum Gasteiger partial charge on any atom is -0.392 e. The zero-order valence-electron chi connectivity index (χ0n) is 12.9. The van der Waals surface area contributed by atoms with Crippen molar-refractivity contribution in [1.82, 2.24) is 0 Å². The van der Waals surface area contributed by atoms with Gasteiger partial charge in [0, 0.05) is 12.5 Å². The number of benzene rings is 1. The fourth-order valence-corrected chi connectivity index (χ4v) is 3.40. The topological polar surface area (TPSA) is 46.2 Å². The second kappa shape index (κ2) is 7.24. The maximum atomic E-state index is 10.5. The predicted octanol–water partition coefficient (Wildman–Crippen LogP) is 3.79. The first-order chi connectivity index (χ1) is 9.61. The molecule has 1 aromatic carbocycles.